The number of esters is 1. The molecule has 1 rings (SSSR count). The van der Waals surface area contributed by atoms with Crippen LogP contribution < -0.4 is 4.74 Å². The van der Waals surface area contributed by atoms with E-state index in [1.165, 1.54) is 25.1 Å². The van der Waals surface area contributed by atoms with Gasteiger partial charge in [0.1, 0.15) is 11.5 Å². The number of Topliss-reactive ketones (excluding diaryl/α,β-unsaturated/α-hetero) is 1. The van der Waals surface area contributed by atoms with Crippen molar-refractivity contribution in [3.05, 3.63) is 23.8 Å². The highest BCUT2D eigenvalue weighted by Gasteiger charge is 2.13. The van der Waals surface area contributed by atoms with Crippen LogP contribution >= 0.6 is 0 Å². The number of nitrogens with zero attached hydrogens (tertiary/aromatic N) is 1. The maximum atomic E-state index is 11.7. The van der Waals surface area contributed by atoms with Crippen molar-refractivity contribution >= 4 is 11.8 Å². The molecule has 0 atom stereocenters. The molecule has 5 nitrogen and oxygen atoms in total. The summed E-state index contributed by atoms with van der Waals surface area (Å²) in [6.07, 6.45) is 0. The molecule has 1 aromatic carbocycles. The van der Waals surface area contributed by atoms with Gasteiger partial charge in [-0.15, -0.1) is 0 Å². The zero-order chi connectivity index (χ0) is 13.0. The van der Waals surface area contributed by atoms with Crippen LogP contribution in [0.5, 0.6) is 11.5 Å². The van der Waals surface area contributed by atoms with E-state index >= 15 is 0 Å². The number of rotatable bonds is 4. The lowest BCUT2D eigenvalue weighted by molar-refractivity contribution is -0.131. The molecule has 0 aliphatic carbocycles. The Morgan fingerprint density at radius 1 is 1.35 bits per heavy atom. The summed E-state index contributed by atoms with van der Waals surface area (Å²) in [4.78, 5) is 24.1. The summed E-state index contributed by atoms with van der Waals surface area (Å²) in [7, 11) is 3.53. The molecule has 0 spiro atoms. The largest absolute Gasteiger partial charge is 0.507 e. The molecular weight excluding hydrogens is 222 g/mol. The number of likely N-dealkylation sites (N-methyl/N-ethyl adjacent to an activating group) is 1. The first-order valence-corrected chi connectivity index (χ1v) is 5.09. The van der Waals surface area contributed by atoms with Crippen LogP contribution in [-0.4, -0.2) is 42.4 Å². The highest BCUT2D eigenvalue weighted by Crippen LogP contribution is 2.24. The molecule has 0 aliphatic rings. The van der Waals surface area contributed by atoms with Gasteiger partial charge < -0.3 is 14.7 Å². The Bertz CT molecular complexity index is 440. The summed E-state index contributed by atoms with van der Waals surface area (Å²) in [5.74, 6) is -0.634. The molecule has 17 heavy (non-hydrogen) atoms. The molecular formula is C12H15NO4. The highest BCUT2D eigenvalue weighted by molar-refractivity contribution is 6.00. The third kappa shape index (κ3) is 3.88. The molecule has 92 valence electrons. The molecule has 1 aromatic rings. The van der Waals surface area contributed by atoms with Crippen LogP contribution in [0, 0.1) is 0 Å². The average molecular weight is 237 g/mol. The fourth-order valence-corrected chi connectivity index (χ4v) is 1.35. The van der Waals surface area contributed by atoms with Crippen molar-refractivity contribution < 1.29 is 19.4 Å². The Morgan fingerprint density at radius 2 is 2.00 bits per heavy atom. The van der Waals surface area contributed by atoms with Crippen LogP contribution in [-0.2, 0) is 4.79 Å². The lowest BCUT2D eigenvalue weighted by Gasteiger charge is -2.10. The maximum absolute atomic E-state index is 11.7. The summed E-state index contributed by atoms with van der Waals surface area (Å²) >= 11 is 0. The van der Waals surface area contributed by atoms with E-state index in [1.807, 2.05) is 0 Å². The second kappa shape index (κ2) is 5.45. The predicted molar refractivity (Wildman–Crippen MR) is 62.3 cm³/mol. The van der Waals surface area contributed by atoms with Crippen molar-refractivity contribution in [2.45, 2.75) is 6.92 Å². The van der Waals surface area contributed by atoms with Crippen LogP contribution in [0.4, 0.5) is 0 Å². The van der Waals surface area contributed by atoms with Gasteiger partial charge in [0.25, 0.3) is 0 Å². The number of phenolic OH excluding ortho intramolecular Hbond substituents is 1. The topological polar surface area (TPSA) is 66.8 Å². The van der Waals surface area contributed by atoms with Crippen LogP contribution in [0.3, 0.4) is 0 Å². The number of carbonyl (C=O) groups excluding carboxylic acids is 2. The summed E-state index contributed by atoms with van der Waals surface area (Å²) in [5.41, 5.74) is 0.217. The summed E-state index contributed by atoms with van der Waals surface area (Å²) in [5, 5.41) is 9.66. The van der Waals surface area contributed by atoms with Crippen molar-refractivity contribution in [1.29, 1.82) is 0 Å². The van der Waals surface area contributed by atoms with E-state index in [-0.39, 0.29) is 29.4 Å². The molecule has 0 aromatic heterocycles. The number of phenols is 1. The van der Waals surface area contributed by atoms with Crippen molar-refractivity contribution in [3.8, 4) is 11.5 Å². The summed E-state index contributed by atoms with van der Waals surface area (Å²) in [6.45, 7) is 1.47. The van der Waals surface area contributed by atoms with E-state index in [4.69, 9.17) is 4.74 Å². The minimum Gasteiger partial charge on any atom is -0.507 e. The SMILES string of the molecule is CC(=O)Oc1ccc(C(=O)CN(C)C)c(O)c1. The Balaban J connectivity index is 2.89. The second-order valence-corrected chi connectivity index (χ2v) is 3.93. The van der Waals surface area contributed by atoms with E-state index in [9.17, 15) is 14.7 Å². The number of ether oxygens (including phenoxy) is 1. The number of benzene rings is 1. The summed E-state index contributed by atoms with van der Waals surface area (Å²) < 4.78 is 4.79. The molecule has 0 amide bonds. The smallest absolute Gasteiger partial charge is 0.308 e. The van der Waals surface area contributed by atoms with Crippen LogP contribution in [0.1, 0.15) is 17.3 Å². The van der Waals surface area contributed by atoms with Gasteiger partial charge in [-0.1, -0.05) is 0 Å². The number of aromatic hydroxyl groups is 1. The van der Waals surface area contributed by atoms with Crippen molar-refractivity contribution in [3.63, 3.8) is 0 Å². The van der Waals surface area contributed by atoms with Gasteiger partial charge in [0.15, 0.2) is 5.78 Å². The number of carbonyl (C=O) groups is 2. The molecule has 1 N–H and O–H groups in total. The minimum absolute atomic E-state index is 0.185. The Morgan fingerprint density at radius 3 is 2.47 bits per heavy atom. The van der Waals surface area contributed by atoms with Gasteiger partial charge in [-0.2, -0.15) is 0 Å². The summed E-state index contributed by atoms with van der Waals surface area (Å²) in [6, 6.07) is 4.17. The van der Waals surface area contributed by atoms with Gasteiger partial charge in [-0.3, -0.25) is 9.59 Å². The molecule has 0 fully saturated rings. The zero-order valence-electron chi connectivity index (χ0n) is 10.1. The first-order chi connectivity index (χ1) is 7.90. The van der Waals surface area contributed by atoms with Gasteiger partial charge in [0, 0.05) is 13.0 Å². The minimum atomic E-state index is -0.475. The molecule has 0 bridgehead atoms. The fourth-order valence-electron chi connectivity index (χ4n) is 1.35. The highest BCUT2D eigenvalue weighted by atomic mass is 16.5. The average Bonchev–Trinajstić information content (AvgIpc) is 2.14. The molecule has 0 aliphatic heterocycles. The molecule has 0 heterocycles. The van der Waals surface area contributed by atoms with E-state index in [2.05, 4.69) is 0 Å². The Hall–Kier alpha value is -1.88. The van der Waals surface area contributed by atoms with Crippen LogP contribution in [0.15, 0.2) is 18.2 Å². The van der Waals surface area contributed by atoms with Gasteiger partial charge in [0.05, 0.1) is 12.1 Å². The molecule has 5 heteroatoms. The maximum Gasteiger partial charge on any atom is 0.308 e. The third-order valence-corrected chi connectivity index (χ3v) is 1.99. The first kappa shape index (κ1) is 13.2. The predicted octanol–water partition coefficient (Wildman–Crippen LogP) is 1.06. The Labute approximate surface area is 99.6 Å². The third-order valence-electron chi connectivity index (χ3n) is 1.99. The second-order valence-electron chi connectivity index (χ2n) is 3.93. The standard InChI is InChI=1S/C12H15NO4/c1-8(14)17-9-4-5-10(11(15)6-9)12(16)7-13(2)3/h4-6,15H,7H2,1-3H3. The molecule has 0 saturated carbocycles. The normalized spacial score (nSPS) is 10.4. The monoisotopic (exact) mass is 237 g/mol. The first-order valence-electron chi connectivity index (χ1n) is 5.09. The number of hydrogen-bond acceptors (Lipinski definition) is 5. The lowest BCUT2D eigenvalue weighted by Crippen LogP contribution is -2.21. The number of hydrogen-bond donors (Lipinski definition) is 1. The Kier molecular flexibility index (Phi) is 4.23. The number of ketones is 1. The molecule has 0 unspecified atom stereocenters. The van der Waals surface area contributed by atoms with Gasteiger partial charge >= 0.3 is 5.97 Å². The zero-order valence-corrected chi connectivity index (χ0v) is 10.1. The van der Waals surface area contributed by atoms with Gasteiger partial charge in [-0.25, -0.2) is 0 Å². The lowest BCUT2D eigenvalue weighted by atomic mass is 10.1. The quantitative estimate of drug-likeness (QED) is 0.482. The van der Waals surface area contributed by atoms with E-state index in [1.54, 1.807) is 19.0 Å². The van der Waals surface area contributed by atoms with E-state index in [0.717, 1.165) is 0 Å². The van der Waals surface area contributed by atoms with Gasteiger partial charge in [-0.05, 0) is 26.2 Å². The van der Waals surface area contributed by atoms with Crippen molar-refractivity contribution in [2.24, 2.45) is 0 Å². The van der Waals surface area contributed by atoms with E-state index in [0.29, 0.717) is 0 Å². The fraction of sp³-hybridized carbons (Fsp3) is 0.333. The van der Waals surface area contributed by atoms with Crippen molar-refractivity contribution in [2.75, 3.05) is 20.6 Å². The van der Waals surface area contributed by atoms with Crippen molar-refractivity contribution in [1.82, 2.24) is 4.90 Å². The van der Waals surface area contributed by atoms with Crippen LogP contribution in [0.25, 0.3) is 0 Å². The van der Waals surface area contributed by atoms with E-state index < -0.39 is 5.97 Å². The van der Waals surface area contributed by atoms with Crippen LogP contribution in [0.2, 0.25) is 0 Å². The van der Waals surface area contributed by atoms with Gasteiger partial charge in [0.2, 0.25) is 0 Å². The molecule has 0 saturated heterocycles. The molecule has 0 radical (unpaired) electrons.